The predicted molar refractivity (Wildman–Crippen MR) is 85.3 cm³/mol. The average Bonchev–Trinajstić information content (AvgIpc) is 2.34. The summed E-state index contributed by atoms with van der Waals surface area (Å²) in [6.45, 7) is 3.85. The maximum atomic E-state index is 6.07. The molecule has 0 aliphatic rings. The molecule has 3 nitrogen and oxygen atoms in total. The van der Waals surface area contributed by atoms with Crippen molar-refractivity contribution in [2.24, 2.45) is 0 Å². The molecule has 0 atom stereocenters. The smallest absolute Gasteiger partial charge is 0.137 e. The lowest BCUT2D eigenvalue weighted by Gasteiger charge is -2.11. The first-order chi connectivity index (χ1) is 9.09. The number of likely N-dealkylation sites (N-methyl/N-ethyl adjacent to an activating group) is 1. The summed E-state index contributed by atoms with van der Waals surface area (Å²) >= 11 is 9.44. The van der Waals surface area contributed by atoms with Crippen LogP contribution in [-0.4, -0.2) is 45.2 Å². The zero-order valence-electron chi connectivity index (χ0n) is 11.6. The fourth-order valence-electron chi connectivity index (χ4n) is 1.55. The Morgan fingerprint density at radius 2 is 2.05 bits per heavy atom. The molecular formula is C14H22BrClN2O. The monoisotopic (exact) mass is 348 g/mol. The minimum atomic E-state index is 0.651. The van der Waals surface area contributed by atoms with Crippen LogP contribution in [-0.2, 0) is 0 Å². The molecule has 0 spiro atoms. The van der Waals surface area contributed by atoms with E-state index in [1.165, 1.54) is 0 Å². The van der Waals surface area contributed by atoms with Crippen LogP contribution in [0.25, 0.3) is 0 Å². The zero-order valence-corrected chi connectivity index (χ0v) is 13.9. The second kappa shape index (κ2) is 9.59. The van der Waals surface area contributed by atoms with Gasteiger partial charge in [-0.2, -0.15) is 0 Å². The third kappa shape index (κ3) is 7.78. The molecule has 5 heteroatoms. The number of unbranched alkanes of at least 4 members (excludes halogenated alkanes) is 1. The number of rotatable bonds is 9. The van der Waals surface area contributed by atoms with Crippen molar-refractivity contribution in [3.05, 3.63) is 27.7 Å². The number of nitrogens with zero attached hydrogens (tertiary/aromatic N) is 1. The SMILES string of the molecule is CN(C)CCNCCCCOc1ccc(Br)cc1Cl. The van der Waals surface area contributed by atoms with E-state index in [-0.39, 0.29) is 0 Å². The van der Waals surface area contributed by atoms with Crippen molar-refractivity contribution in [3.8, 4) is 5.75 Å². The van der Waals surface area contributed by atoms with Crippen molar-refractivity contribution >= 4 is 27.5 Å². The molecule has 0 amide bonds. The largest absolute Gasteiger partial charge is 0.492 e. The van der Waals surface area contributed by atoms with Crippen LogP contribution in [0.4, 0.5) is 0 Å². The Hall–Kier alpha value is -0.290. The van der Waals surface area contributed by atoms with Crippen molar-refractivity contribution in [1.29, 1.82) is 0 Å². The summed E-state index contributed by atoms with van der Waals surface area (Å²) in [6, 6.07) is 5.67. The number of hydrogen-bond donors (Lipinski definition) is 1. The highest BCUT2D eigenvalue weighted by Crippen LogP contribution is 2.27. The summed E-state index contributed by atoms with van der Waals surface area (Å²) in [5.41, 5.74) is 0. The molecule has 1 aromatic rings. The van der Waals surface area contributed by atoms with Gasteiger partial charge in [0, 0.05) is 17.6 Å². The fraction of sp³-hybridized carbons (Fsp3) is 0.571. The van der Waals surface area contributed by atoms with Gasteiger partial charge in [-0.15, -0.1) is 0 Å². The van der Waals surface area contributed by atoms with Crippen LogP contribution in [0.2, 0.25) is 5.02 Å². The quantitative estimate of drug-likeness (QED) is 0.691. The van der Waals surface area contributed by atoms with Gasteiger partial charge in [0.15, 0.2) is 0 Å². The summed E-state index contributed by atoms with van der Waals surface area (Å²) in [7, 11) is 4.16. The van der Waals surface area contributed by atoms with Gasteiger partial charge >= 0.3 is 0 Å². The lowest BCUT2D eigenvalue weighted by Crippen LogP contribution is -2.27. The molecule has 1 aromatic carbocycles. The molecule has 19 heavy (non-hydrogen) atoms. The van der Waals surface area contributed by atoms with Crippen molar-refractivity contribution in [2.45, 2.75) is 12.8 Å². The number of ether oxygens (including phenoxy) is 1. The summed E-state index contributed by atoms with van der Waals surface area (Å²) in [6.07, 6.45) is 2.14. The van der Waals surface area contributed by atoms with Gasteiger partial charge in [-0.05, 0) is 51.7 Å². The Morgan fingerprint density at radius 3 is 2.74 bits per heavy atom. The zero-order chi connectivity index (χ0) is 14.1. The van der Waals surface area contributed by atoms with Gasteiger partial charge in [0.05, 0.1) is 11.6 Å². The second-order valence-electron chi connectivity index (χ2n) is 4.68. The molecular weight excluding hydrogens is 328 g/mol. The Balaban J connectivity index is 2.04. The minimum Gasteiger partial charge on any atom is -0.492 e. The molecule has 0 saturated carbocycles. The van der Waals surface area contributed by atoms with Gasteiger partial charge in [0.25, 0.3) is 0 Å². The van der Waals surface area contributed by atoms with Crippen molar-refractivity contribution < 1.29 is 4.74 Å². The summed E-state index contributed by atoms with van der Waals surface area (Å²) in [4.78, 5) is 2.17. The molecule has 0 unspecified atom stereocenters. The van der Waals surface area contributed by atoms with E-state index in [1.54, 1.807) is 0 Å². The molecule has 0 heterocycles. The highest BCUT2D eigenvalue weighted by molar-refractivity contribution is 9.10. The number of nitrogens with one attached hydrogen (secondary N) is 1. The van der Waals surface area contributed by atoms with Crippen LogP contribution < -0.4 is 10.1 Å². The Bertz CT molecular complexity index is 374. The lowest BCUT2D eigenvalue weighted by atomic mass is 10.3. The van der Waals surface area contributed by atoms with E-state index in [1.807, 2.05) is 18.2 Å². The van der Waals surface area contributed by atoms with E-state index >= 15 is 0 Å². The van der Waals surface area contributed by atoms with E-state index < -0.39 is 0 Å². The molecule has 0 aromatic heterocycles. The Morgan fingerprint density at radius 1 is 1.26 bits per heavy atom. The summed E-state index contributed by atoms with van der Waals surface area (Å²) in [5, 5.41) is 4.06. The maximum Gasteiger partial charge on any atom is 0.137 e. The molecule has 0 radical (unpaired) electrons. The Labute approximate surface area is 129 Å². The van der Waals surface area contributed by atoms with Gasteiger partial charge in [-0.3, -0.25) is 0 Å². The van der Waals surface area contributed by atoms with Crippen LogP contribution in [0.1, 0.15) is 12.8 Å². The lowest BCUT2D eigenvalue weighted by molar-refractivity contribution is 0.305. The van der Waals surface area contributed by atoms with E-state index in [4.69, 9.17) is 16.3 Å². The minimum absolute atomic E-state index is 0.651. The second-order valence-corrected chi connectivity index (χ2v) is 6.01. The molecule has 0 aliphatic heterocycles. The topological polar surface area (TPSA) is 24.5 Å². The van der Waals surface area contributed by atoms with Gasteiger partial charge < -0.3 is 15.0 Å². The standard InChI is InChI=1S/C14H22BrClN2O/c1-18(2)9-8-17-7-3-4-10-19-14-6-5-12(15)11-13(14)16/h5-6,11,17H,3-4,7-10H2,1-2H3. The van der Waals surface area contributed by atoms with Crippen LogP contribution in [0, 0.1) is 0 Å². The van der Waals surface area contributed by atoms with E-state index in [2.05, 4.69) is 40.2 Å². The first-order valence-electron chi connectivity index (χ1n) is 6.53. The van der Waals surface area contributed by atoms with E-state index in [9.17, 15) is 0 Å². The first-order valence-corrected chi connectivity index (χ1v) is 7.70. The normalized spacial score (nSPS) is 11.0. The van der Waals surface area contributed by atoms with E-state index in [0.29, 0.717) is 11.6 Å². The number of benzene rings is 1. The fourth-order valence-corrected chi connectivity index (χ4v) is 2.28. The first kappa shape index (κ1) is 16.8. The van der Waals surface area contributed by atoms with Gasteiger partial charge in [-0.1, -0.05) is 27.5 Å². The molecule has 1 N–H and O–H groups in total. The van der Waals surface area contributed by atoms with Gasteiger partial charge in [0.2, 0.25) is 0 Å². The number of hydrogen-bond acceptors (Lipinski definition) is 3. The van der Waals surface area contributed by atoms with E-state index in [0.717, 1.165) is 42.7 Å². The van der Waals surface area contributed by atoms with Gasteiger partial charge in [-0.25, -0.2) is 0 Å². The van der Waals surface area contributed by atoms with Crippen molar-refractivity contribution in [3.63, 3.8) is 0 Å². The highest BCUT2D eigenvalue weighted by Gasteiger charge is 2.01. The van der Waals surface area contributed by atoms with Crippen LogP contribution >= 0.6 is 27.5 Å². The van der Waals surface area contributed by atoms with Crippen LogP contribution in [0.3, 0.4) is 0 Å². The molecule has 0 saturated heterocycles. The third-order valence-electron chi connectivity index (χ3n) is 2.64. The van der Waals surface area contributed by atoms with Crippen LogP contribution in [0.15, 0.2) is 22.7 Å². The summed E-state index contributed by atoms with van der Waals surface area (Å²) < 4.78 is 6.62. The van der Waals surface area contributed by atoms with Crippen LogP contribution in [0.5, 0.6) is 5.75 Å². The van der Waals surface area contributed by atoms with Crippen molar-refractivity contribution in [2.75, 3.05) is 40.3 Å². The number of halogens is 2. The summed E-state index contributed by atoms with van der Waals surface area (Å²) in [5.74, 6) is 0.755. The molecule has 1 rings (SSSR count). The third-order valence-corrected chi connectivity index (χ3v) is 3.42. The highest BCUT2D eigenvalue weighted by atomic mass is 79.9. The maximum absolute atomic E-state index is 6.07. The predicted octanol–water partition coefficient (Wildman–Crippen LogP) is 3.41. The van der Waals surface area contributed by atoms with Crippen molar-refractivity contribution in [1.82, 2.24) is 10.2 Å². The Kier molecular flexibility index (Phi) is 8.46. The molecule has 0 bridgehead atoms. The molecule has 0 fully saturated rings. The van der Waals surface area contributed by atoms with Gasteiger partial charge in [0.1, 0.15) is 5.75 Å². The molecule has 0 aliphatic carbocycles. The average molecular weight is 350 g/mol. The molecule has 108 valence electrons.